The summed E-state index contributed by atoms with van der Waals surface area (Å²) in [5, 5.41) is 4.69. The van der Waals surface area contributed by atoms with Gasteiger partial charge in [0.1, 0.15) is 0 Å². The zero-order chi connectivity index (χ0) is 14.2. The number of amides is 1. The van der Waals surface area contributed by atoms with Crippen LogP contribution >= 0.6 is 11.3 Å². The number of nitrogens with zero attached hydrogens (tertiary/aromatic N) is 1. The van der Waals surface area contributed by atoms with E-state index in [0.717, 1.165) is 18.0 Å². The van der Waals surface area contributed by atoms with Crippen molar-refractivity contribution in [1.82, 2.24) is 10.2 Å². The number of fused-ring (bicyclic) bond motifs is 1. The van der Waals surface area contributed by atoms with Crippen LogP contribution in [-0.2, 0) is 0 Å². The lowest BCUT2D eigenvalue weighted by molar-refractivity contribution is 0.0733. The zero-order valence-electron chi connectivity index (χ0n) is 12.0. The van der Waals surface area contributed by atoms with Crippen molar-refractivity contribution in [3.05, 3.63) is 35.2 Å². The zero-order valence-corrected chi connectivity index (χ0v) is 12.9. The molecule has 0 radical (unpaired) electrons. The molecule has 2 heterocycles. The maximum Gasteiger partial charge on any atom is 0.264 e. The number of carbonyl (C=O) groups excluding carboxylic acids is 1. The fraction of sp³-hybridized carbons (Fsp3) is 0.471. The third kappa shape index (κ3) is 2.70. The first-order chi connectivity index (χ1) is 10.3. The van der Waals surface area contributed by atoms with E-state index in [0.29, 0.717) is 12.1 Å². The van der Waals surface area contributed by atoms with Crippen molar-refractivity contribution in [2.24, 2.45) is 0 Å². The molecule has 0 spiro atoms. The first kappa shape index (κ1) is 13.3. The number of benzene rings is 1. The Morgan fingerprint density at radius 1 is 1.29 bits per heavy atom. The molecule has 4 rings (SSSR count). The number of carbonyl (C=O) groups is 1. The Hall–Kier alpha value is -1.39. The first-order valence-electron chi connectivity index (χ1n) is 7.84. The average Bonchev–Trinajstić information content (AvgIpc) is 3.04. The van der Waals surface area contributed by atoms with Gasteiger partial charge < -0.3 is 10.2 Å². The summed E-state index contributed by atoms with van der Waals surface area (Å²) in [4.78, 5) is 15.9. The molecule has 1 aliphatic heterocycles. The standard InChI is InChI=1S/C17H20N2OS/c20-17(16-10-12-4-1-2-6-15(12)21-16)19(14-7-8-14)11-13-5-3-9-18-13/h1-2,4,6,10,13-14,18H,3,5,7-9,11H2. The Morgan fingerprint density at radius 2 is 2.14 bits per heavy atom. The smallest absolute Gasteiger partial charge is 0.264 e. The number of nitrogens with one attached hydrogen (secondary N) is 1. The van der Waals surface area contributed by atoms with Crippen LogP contribution in [0.3, 0.4) is 0 Å². The lowest BCUT2D eigenvalue weighted by Crippen LogP contribution is -2.42. The summed E-state index contributed by atoms with van der Waals surface area (Å²) in [6.07, 6.45) is 4.77. The molecule has 1 aromatic carbocycles. The summed E-state index contributed by atoms with van der Waals surface area (Å²) >= 11 is 1.63. The van der Waals surface area contributed by atoms with Crippen molar-refractivity contribution in [1.29, 1.82) is 0 Å². The molecule has 2 aromatic rings. The van der Waals surface area contributed by atoms with Crippen molar-refractivity contribution >= 4 is 27.3 Å². The second-order valence-electron chi connectivity index (χ2n) is 6.13. The number of rotatable bonds is 4. The maximum atomic E-state index is 12.9. The fourth-order valence-corrected chi connectivity index (χ4v) is 4.18. The molecule has 21 heavy (non-hydrogen) atoms. The molecule has 2 aliphatic rings. The minimum absolute atomic E-state index is 0.229. The summed E-state index contributed by atoms with van der Waals surface area (Å²) in [6.45, 7) is 1.97. The number of hydrogen-bond acceptors (Lipinski definition) is 3. The molecule has 1 atom stereocenters. The molecule has 4 heteroatoms. The van der Waals surface area contributed by atoms with Crippen LogP contribution in [0.25, 0.3) is 10.1 Å². The van der Waals surface area contributed by atoms with Crippen LogP contribution in [0.2, 0.25) is 0 Å². The minimum Gasteiger partial charge on any atom is -0.333 e. The van der Waals surface area contributed by atoms with Gasteiger partial charge in [-0.15, -0.1) is 11.3 Å². The molecule has 2 fully saturated rings. The van der Waals surface area contributed by atoms with Gasteiger partial charge in [0.15, 0.2) is 0 Å². The Balaban J connectivity index is 1.57. The lowest BCUT2D eigenvalue weighted by Gasteiger charge is -2.25. The summed E-state index contributed by atoms with van der Waals surface area (Å²) < 4.78 is 1.20. The van der Waals surface area contributed by atoms with E-state index in [-0.39, 0.29) is 5.91 Å². The highest BCUT2D eigenvalue weighted by Crippen LogP contribution is 2.32. The van der Waals surface area contributed by atoms with Gasteiger partial charge in [0.25, 0.3) is 5.91 Å². The molecule has 1 saturated heterocycles. The van der Waals surface area contributed by atoms with Gasteiger partial charge in [-0.2, -0.15) is 0 Å². The van der Waals surface area contributed by atoms with Crippen LogP contribution in [-0.4, -0.2) is 36.0 Å². The second-order valence-corrected chi connectivity index (χ2v) is 7.21. The Bertz CT molecular complexity index is 623. The van der Waals surface area contributed by atoms with Gasteiger partial charge in [0.2, 0.25) is 0 Å². The van der Waals surface area contributed by atoms with Crippen LogP contribution < -0.4 is 5.32 Å². The average molecular weight is 300 g/mol. The molecule has 3 nitrogen and oxygen atoms in total. The minimum atomic E-state index is 0.229. The van der Waals surface area contributed by atoms with E-state index in [2.05, 4.69) is 28.4 Å². The Morgan fingerprint density at radius 3 is 2.86 bits per heavy atom. The number of thiophene rings is 1. The summed E-state index contributed by atoms with van der Waals surface area (Å²) in [5.74, 6) is 0.229. The molecular formula is C17H20N2OS. The Labute approximate surface area is 128 Å². The van der Waals surface area contributed by atoms with Gasteiger partial charge in [-0.25, -0.2) is 0 Å². The topological polar surface area (TPSA) is 32.3 Å². The van der Waals surface area contributed by atoms with Crippen molar-refractivity contribution < 1.29 is 4.79 Å². The maximum absolute atomic E-state index is 12.9. The molecule has 1 amide bonds. The first-order valence-corrected chi connectivity index (χ1v) is 8.66. The van der Waals surface area contributed by atoms with Crippen LogP contribution in [0.5, 0.6) is 0 Å². The van der Waals surface area contributed by atoms with Gasteiger partial charge in [-0.05, 0) is 49.7 Å². The Kier molecular flexibility index (Phi) is 3.43. The van der Waals surface area contributed by atoms with Crippen molar-refractivity contribution in [2.75, 3.05) is 13.1 Å². The summed E-state index contributed by atoms with van der Waals surface area (Å²) in [7, 11) is 0. The molecule has 110 valence electrons. The van der Waals surface area contributed by atoms with E-state index in [1.54, 1.807) is 11.3 Å². The fourth-order valence-electron chi connectivity index (χ4n) is 3.16. The second kappa shape index (κ2) is 5.43. The predicted molar refractivity (Wildman–Crippen MR) is 86.9 cm³/mol. The highest BCUT2D eigenvalue weighted by atomic mass is 32.1. The van der Waals surface area contributed by atoms with Gasteiger partial charge in [0.05, 0.1) is 4.88 Å². The van der Waals surface area contributed by atoms with Crippen LogP contribution in [0.15, 0.2) is 30.3 Å². The van der Waals surface area contributed by atoms with Crippen molar-refractivity contribution in [3.8, 4) is 0 Å². The normalized spacial score (nSPS) is 21.8. The molecule has 1 N–H and O–H groups in total. The SMILES string of the molecule is O=C(c1cc2ccccc2s1)N(CC1CCCN1)C1CC1. The highest BCUT2D eigenvalue weighted by molar-refractivity contribution is 7.20. The molecule has 1 unspecified atom stereocenters. The number of hydrogen-bond donors (Lipinski definition) is 1. The molecule has 0 bridgehead atoms. The molecular weight excluding hydrogens is 280 g/mol. The van der Waals surface area contributed by atoms with E-state index < -0.39 is 0 Å². The van der Waals surface area contributed by atoms with E-state index >= 15 is 0 Å². The third-order valence-electron chi connectivity index (χ3n) is 4.46. The van der Waals surface area contributed by atoms with Gasteiger partial charge in [-0.3, -0.25) is 4.79 Å². The predicted octanol–water partition coefficient (Wildman–Crippen LogP) is 3.26. The van der Waals surface area contributed by atoms with E-state index in [1.165, 1.54) is 35.8 Å². The van der Waals surface area contributed by atoms with E-state index in [4.69, 9.17) is 0 Å². The third-order valence-corrected chi connectivity index (χ3v) is 5.57. The van der Waals surface area contributed by atoms with Gasteiger partial charge in [-0.1, -0.05) is 18.2 Å². The van der Waals surface area contributed by atoms with Crippen LogP contribution in [0, 0.1) is 0 Å². The highest BCUT2D eigenvalue weighted by Gasteiger charge is 2.35. The van der Waals surface area contributed by atoms with Gasteiger partial charge >= 0.3 is 0 Å². The van der Waals surface area contributed by atoms with E-state index in [9.17, 15) is 4.79 Å². The molecule has 1 saturated carbocycles. The molecule has 1 aromatic heterocycles. The summed E-state index contributed by atoms with van der Waals surface area (Å²) in [5.41, 5.74) is 0. The van der Waals surface area contributed by atoms with Crippen molar-refractivity contribution in [3.63, 3.8) is 0 Å². The summed E-state index contributed by atoms with van der Waals surface area (Å²) in [6, 6.07) is 11.3. The van der Waals surface area contributed by atoms with Gasteiger partial charge in [0, 0.05) is 23.3 Å². The van der Waals surface area contributed by atoms with Crippen LogP contribution in [0.1, 0.15) is 35.4 Å². The van der Waals surface area contributed by atoms with Crippen molar-refractivity contribution in [2.45, 2.75) is 37.8 Å². The monoisotopic (exact) mass is 300 g/mol. The largest absolute Gasteiger partial charge is 0.333 e. The van der Waals surface area contributed by atoms with E-state index in [1.807, 2.05) is 12.1 Å². The quantitative estimate of drug-likeness (QED) is 0.940. The molecule has 1 aliphatic carbocycles. The lowest BCUT2D eigenvalue weighted by atomic mass is 10.2. The van der Waals surface area contributed by atoms with Crippen LogP contribution in [0.4, 0.5) is 0 Å².